The summed E-state index contributed by atoms with van der Waals surface area (Å²) in [6.45, 7) is 3.08. The van der Waals surface area contributed by atoms with Crippen LogP contribution in [0.3, 0.4) is 0 Å². The van der Waals surface area contributed by atoms with Crippen molar-refractivity contribution in [2.24, 2.45) is 35.5 Å². The number of rotatable bonds is 8. The molecule has 47 heavy (non-hydrogen) atoms. The molecule has 1 saturated heterocycles. The average Bonchev–Trinajstić information content (AvgIpc) is 3.74. The van der Waals surface area contributed by atoms with E-state index in [1.165, 1.54) is 11.8 Å². The topological polar surface area (TPSA) is 146 Å². The maximum atomic E-state index is 14.0. The molecule has 15 heteroatoms. The highest BCUT2D eigenvalue weighted by Gasteiger charge is 2.70. The van der Waals surface area contributed by atoms with E-state index >= 15 is 0 Å². The third-order valence-electron chi connectivity index (χ3n) is 9.79. The van der Waals surface area contributed by atoms with Crippen molar-refractivity contribution in [3.63, 3.8) is 0 Å². The number of nitrogens with zero attached hydrogens (tertiary/aromatic N) is 1. The highest BCUT2D eigenvalue weighted by atomic mass is 79.9. The van der Waals surface area contributed by atoms with E-state index in [2.05, 4.69) is 26.2 Å². The number of carboxylic acids is 1. The van der Waals surface area contributed by atoms with Gasteiger partial charge in [0.05, 0.1) is 26.9 Å². The zero-order valence-electron chi connectivity index (χ0n) is 24.9. The first-order chi connectivity index (χ1) is 22.3. The maximum absolute atomic E-state index is 14.0. The van der Waals surface area contributed by atoms with Crippen molar-refractivity contribution >= 4 is 91.6 Å². The van der Waals surface area contributed by atoms with Crippen LogP contribution in [-0.4, -0.2) is 56.6 Å². The summed E-state index contributed by atoms with van der Waals surface area (Å²) in [5.41, 5.74) is 1.21. The summed E-state index contributed by atoms with van der Waals surface area (Å²) in [5, 5.41) is 14.0. The van der Waals surface area contributed by atoms with Gasteiger partial charge in [-0.15, -0.1) is 11.8 Å². The van der Waals surface area contributed by atoms with E-state index < -0.39 is 47.5 Å². The third-order valence-corrected chi connectivity index (χ3v) is 13.6. The largest absolute Gasteiger partial charge is 0.483 e. The molecule has 0 radical (unpaired) electrons. The Morgan fingerprint density at radius 1 is 1.09 bits per heavy atom. The zero-order valence-corrected chi connectivity index (χ0v) is 29.6. The number of carbonyl (C=O) groups excluding carboxylic acids is 3. The second-order valence-electron chi connectivity index (χ2n) is 12.7. The zero-order chi connectivity index (χ0) is 33.5. The molecule has 2 aromatic carbocycles. The predicted octanol–water partition coefficient (Wildman–Crippen LogP) is 6.11. The van der Waals surface area contributed by atoms with Crippen molar-refractivity contribution < 1.29 is 29.0 Å². The van der Waals surface area contributed by atoms with E-state index in [1.807, 2.05) is 6.07 Å². The van der Waals surface area contributed by atoms with Crippen LogP contribution in [0.15, 0.2) is 50.7 Å². The molecule has 3 amide bonds. The standard InChI is InChI=1S/C32H28BrCl2N3O7S2/c1-11(2)25(31(42)43)38-29(40)23-15-9-16(24(23)30(38)41)26-22(15)21(27-28(46-26)37-32(44)47-27)14-7-12(33)3-6-19(14)45-10-20(39)36-13-4-5-17(34)18(35)8-13/h3-8,11,15-16,21-26H,9-10H2,1-2H3,(H,36,39)(H,37,44)(H,42,43)/t15?,16?,21-,22?,23?,24?,25?,26?/m1/s1. The highest BCUT2D eigenvalue weighted by molar-refractivity contribution is 9.10. The number of H-pyrrole nitrogens is 1. The lowest BCUT2D eigenvalue weighted by Crippen LogP contribution is -2.49. The predicted molar refractivity (Wildman–Crippen MR) is 181 cm³/mol. The van der Waals surface area contributed by atoms with E-state index in [-0.39, 0.29) is 40.4 Å². The van der Waals surface area contributed by atoms with Crippen LogP contribution in [0.25, 0.3) is 0 Å². The van der Waals surface area contributed by atoms with Gasteiger partial charge in [0.25, 0.3) is 5.91 Å². The van der Waals surface area contributed by atoms with Gasteiger partial charge in [0.2, 0.25) is 11.8 Å². The number of thiazole rings is 1. The van der Waals surface area contributed by atoms with Crippen LogP contribution >= 0.6 is 62.2 Å². The number of carbonyl (C=O) groups is 4. The Balaban J connectivity index is 1.23. The van der Waals surface area contributed by atoms with Gasteiger partial charge in [-0.05, 0) is 66.5 Å². The van der Waals surface area contributed by atoms with Crippen molar-refractivity contribution in [1.29, 1.82) is 0 Å². The van der Waals surface area contributed by atoms with Gasteiger partial charge in [0.15, 0.2) is 6.61 Å². The third kappa shape index (κ3) is 5.42. The monoisotopic (exact) mass is 779 g/mol. The summed E-state index contributed by atoms with van der Waals surface area (Å²) in [7, 11) is 0. The summed E-state index contributed by atoms with van der Waals surface area (Å²) in [4.78, 5) is 70.3. The van der Waals surface area contributed by atoms with Crippen LogP contribution < -0.4 is 14.9 Å². The molecule has 3 heterocycles. The lowest BCUT2D eigenvalue weighted by atomic mass is 9.68. The van der Waals surface area contributed by atoms with Gasteiger partial charge in [-0.1, -0.05) is 64.3 Å². The fraction of sp³-hybridized carbons (Fsp3) is 0.406. The molecule has 3 aromatic rings. The maximum Gasteiger partial charge on any atom is 0.327 e. The van der Waals surface area contributed by atoms with E-state index in [0.29, 0.717) is 27.9 Å². The van der Waals surface area contributed by atoms with Gasteiger partial charge in [-0.3, -0.25) is 24.1 Å². The minimum atomic E-state index is -1.23. The molecule has 8 atom stereocenters. The molecule has 10 nitrogen and oxygen atoms in total. The number of amides is 3. The molecule has 4 aliphatic rings. The number of aromatic nitrogens is 1. The Bertz CT molecular complexity index is 1900. The molecule has 0 spiro atoms. The van der Waals surface area contributed by atoms with Crippen LogP contribution in [0.4, 0.5) is 5.69 Å². The van der Waals surface area contributed by atoms with Gasteiger partial charge >= 0.3 is 10.8 Å². The lowest BCUT2D eigenvalue weighted by Gasteiger charge is -2.43. The average molecular weight is 782 g/mol. The Hall–Kier alpha value is -2.84. The number of imide groups is 1. The highest BCUT2D eigenvalue weighted by Crippen LogP contribution is 2.69. The first-order valence-corrected chi connectivity index (χ1v) is 18.3. The number of likely N-dealkylation sites (tertiary alicyclic amines) is 1. The van der Waals surface area contributed by atoms with Crippen LogP contribution in [0.2, 0.25) is 10.0 Å². The number of ether oxygens (including phenoxy) is 1. The summed E-state index contributed by atoms with van der Waals surface area (Å²) >= 11 is 18.3. The number of hydrogen-bond acceptors (Lipinski definition) is 8. The van der Waals surface area contributed by atoms with Crippen LogP contribution in [0, 0.1) is 35.5 Å². The summed E-state index contributed by atoms with van der Waals surface area (Å²) in [6, 6.07) is 9.00. The van der Waals surface area contributed by atoms with Crippen molar-refractivity contribution in [3.05, 3.63) is 71.0 Å². The number of thioether (sulfide) groups is 1. The Morgan fingerprint density at radius 3 is 2.49 bits per heavy atom. The molecule has 3 N–H and O–H groups in total. The second-order valence-corrected chi connectivity index (χ2v) is 16.6. The lowest BCUT2D eigenvalue weighted by molar-refractivity contribution is -0.157. The number of fused-ring (bicyclic) bond motifs is 9. The van der Waals surface area contributed by atoms with E-state index in [9.17, 15) is 29.1 Å². The molecular formula is C32H28BrCl2N3O7S2. The molecule has 7 rings (SSSR count). The van der Waals surface area contributed by atoms with Crippen molar-refractivity contribution in [1.82, 2.24) is 9.88 Å². The summed E-state index contributed by atoms with van der Waals surface area (Å²) in [5.74, 6) is -4.60. The smallest absolute Gasteiger partial charge is 0.327 e. The summed E-state index contributed by atoms with van der Waals surface area (Å²) < 4.78 is 6.90. The molecule has 7 unspecified atom stereocenters. The number of benzene rings is 2. The first-order valence-electron chi connectivity index (χ1n) is 15.0. The summed E-state index contributed by atoms with van der Waals surface area (Å²) in [6.07, 6.45) is 0.647. The van der Waals surface area contributed by atoms with Crippen LogP contribution in [0.5, 0.6) is 5.75 Å². The fourth-order valence-electron chi connectivity index (χ4n) is 8.16. The number of anilines is 1. The van der Waals surface area contributed by atoms with Crippen molar-refractivity contribution in [2.75, 3.05) is 11.9 Å². The van der Waals surface area contributed by atoms with Gasteiger partial charge in [0, 0.05) is 31.8 Å². The van der Waals surface area contributed by atoms with E-state index in [0.717, 1.165) is 36.2 Å². The molecule has 2 saturated carbocycles. The normalized spacial score (nSPS) is 27.9. The van der Waals surface area contributed by atoms with Crippen LogP contribution in [-0.2, 0) is 19.2 Å². The number of aromatic amines is 1. The minimum absolute atomic E-state index is 0.104. The molecule has 246 valence electrons. The molecular weight excluding hydrogens is 753 g/mol. The fourth-order valence-corrected chi connectivity index (χ4v) is 11.7. The van der Waals surface area contributed by atoms with Gasteiger partial charge in [-0.25, -0.2) is 4.79 Å². The van der Waals surface area contributed by atoms with Crippen molar-refractivity contribution in [2.45, 2.75) is 42.5 Å². The first kappa shape index (κ1) is 32.7. The molecule has 2 aliphatic carbocycles. The second kappa shape index (κ2) is 12.2. The van der Waals surface area contributed by atoms with E-state index in [1.54, 1.807) is 44.2 Å². The quantitative estimate of drug-likeness (QED) is 0.233. The number of halogens is 3. The minimum Gasteiger partial charge on any atom is -0.483 e. The Kier molecular flexibility index (Phi) is 8.52. The van der Waals surface area contributed by atoms with Crippen LogP contribution in [0.1, 0.15) is 36.6 Å². The molecule has 2 bridgehead atoms. The van der Waals surface area contributed by atoms with E-state index in [4.69, 9.17) is 27.9 Å². The van der Waals surface area contributed by atoms with Gasteiger partial charge in [0.1, 0.15) is 11.8 Å². The Morgan fingerprint density at radius 2 is 1.81 bits per heavy atom. The Labute approximate surface area is 295 Å². The SMILES string of the molecule is CC(C)C(C(=O)O)N1C(=O)C2C3CC(C2C1=O)C1C3Sc2[nH]c(=O)sc2[C@@H]1c1cc(Br)ccc1OCC(=O)Nc1ccc(Cl)c(Cl)c1. The molecule has 2 aliphatic heterocycles. The number of carboxylic acid groups (broad SMARTS) is 1. The van der Waals surface area contributed by atoms with Gasteiger partial charge in [-0.2, -0.15) is 0 Å². The molecule has 3 fully saturated rings. The molecule has 1 aromatic heterocycles. The van der Waals surface area contributed by atoms with Gasteiger partial charge < -0.3 is 20.1 Å². The number of nitrogens with one attached hydrogen (secondary N) is 2. The number of hydrogen-bond donors (Lipinski definition) is 3. The van der Waals surface area contributed by atoms with Crippen molar-refractivity contribution in [3.8, 4) is 5.75 Å². The number of aliphatic carboxylic acids is 1.